The van der Waals surface area contributed by atoms with Gasteiger partial charge in [-0.3, -0.25) is 19.7 Å². The lowest BCUT2D eigenvalue weighted by Crippen LogP contribution is -2.47. The maximum Gasteiger partial charge on any atom is 0.233 e. The topological polar surface area (TPSA) is 66.5 Å². The van der Waals surface area contributed by atoms with Gasteiger partial charge < -0.3 is 4.90 Å². The number of rotatable bonds is 2. The number of fused-ring (bicyclic) bond motifs is 5. The molecule has 5 nitrogen and oxygen atoms in total. The molecule has 4 atom stereocenters. The van der Waals surface area contributed by atoms with Crippen molar-refractivity contribution in [2.75, 3.05) is 4.90 Å². The Morgan fingerprint density at radius 1 is 0.963 bits per heavy atom. The van der Waals surface area contributed by atoms with E-state index in [1.54, 1.807) is 0 Å². The highest BCUT2D eigenvalue weighted by atomic mass is 19.1. The second kappa shape index (κ2) is 5.61. The molecule has 3 aliphatic rings. The molecule has 0 aliphatic carbocycles. The molecule has 0 saturated carbocycles. The van der Waals surface area contributed by atoms with E-state index in [0.29, 0.717) is 5.56 Å². The molecule has 3 aliphatic heterocycles. The summed E-state index contributed by atoms with van der Waals surface area (Å²) in [5, 5.41) is 2.37. The largest absolute Gasteiger partial charge is 0.352 e. The van der Waals surface area contributed by atoms with Crippen molar-refractivity contribution in [2.24, 2.45) is 11.8 Å². The number of anilines is 1. The van der Waals surface area contributed by atoms with Crippen LogP contribution < -0.4 is 10.2 Å². The number of ketones is 1. The molecule has 3 heterocycles. The van der Waals surface area contributed by atoms with E-state index in [4.69, 9.17) is 0 Å². The number of halogens is 1. The third kappa shape index (κ3) is 2.19. The van der Waals surface area contributed by atoms with E-state index >= 15 is 0 Å². The van der Waals surface area contributed by atoms with Gasteiger partial charge in [-0.1, -0.05) is 30.4 Å². The van der Waals surface area contributed by atoms with Gasteiger partial charge in [0.1, 0.15) is 11.9 Å². The monoisotopic (exact) mass is 362 g/mol. The van der Waals surface area contributed by atoms with Crippen molar-refractivity contribution in [1.82, 2.24) is 5.32 Å². The number of Topliss-reactive ketones (excluding diaryl/α,β-unsaturated/α-hetero) is 1. The quantitative estimate of drug-likeness (QED) is 0.657. The van der Waals surface area contributed by atoms with E-state index in [2.05, 4.69) is 5.32 Å². The minimum Gasteiger partial charge on any atom is -0.352 e. The van der Waals surface area contributed by atoms with Crippen molar-refractivity contribution in [2.45, 2.75) is 12.1 Å². The van der Waals surface area contributed by atoms with Crippen LogP contribution in [-0.4, -0.2) is 29.7 Å². The molecular weight excluding hydrogens is 347 g/mol. The molecular formula is C21H15FN2O3. The molecule has 2 amide bonds. The SMILES string of the molecule is O=C1NC(=O)C2C1C1C=Cc3ccccc3N1C2C(=O)c1ccc(F)cc1. The Morgan fingerprint density at radius 3 is 2.44 bits per heavy atom. The lowest BCUT2D eigenvalue weighted by molar-refractivity contribution is -0.126. The number of nitrogens with zero attached hydrogens (tertiary/aromatic N) is 1. The number of hydrogen-bond acceptors (Lipinski definition) is 4. The van der Waals surface area contributed by atoms with Gasteiger partial charge in [-0.05, 0) is 35.9 Å². The molecule has 5 rings (SSSR count). The van der Waals surface area contributed by atoms with E-state index in [-0.39, 0.29) is 17.7 Å². The summed E-state index contributed by atoms with van der Waals surface area (Å²) in [7, 11) is 0. The van der Waals surface area contributed by atoms with E-state index < -0.39 is 29.6 Å². The maximum atomic E-state index is 13.3. The van der Waals surface area contributed by atoms with Gasteiger partial charge in [0.15, 0.2) is 5.78 Å². The third-order valence-corrected chi connectivity index (χ3v) is 5.65. The average molecular weight is 362 g/mol. The summed E-state index contributed by atoms with van der Waals surface area (Å²) >= 11 is 0. The number of benzene rings is 2. The van der Waals surface area contributed by atoms with Crippen LogP contribution in [0.15, 0.2) is 54.6 Å². The minimum absolute atomic E-state index is 0.289. The van der Waals surface area contributed by atoms with E-state index in [1.807, 2.05) is 41.3 Å². The highest BCUT2D eigenvalue weighted by Crippen LogP contribution is 2.46. The number of carbonyl (C=O) groups excluding carboxylic acids is 3. The first-order chi connectivity index (χ1) is 13.1. The summed E-state index contributed by atoms with van der Waals surface area (Å²) in [6, 6.07) is 11.7. The summed E-state index contributed by atoms with van der Waals surface area (Å²) in [5.41, 5.74) is 2.07. The van der Waals surface area contributed by atoms with Crippen molar-refractivity contribution in [1.29, 1.82) is 0 Å². The normalized spacial score (nSPS) is 27.8. The van der Waals surface area contributed by atoms with Gasteiger partial charge >= 0.3 is 0 Å². The highest BCUT2D eigenvalue weighted by molar-refractivity contribution is 6.14. The zero-order valence-corrected chi connectivity index (χ0v) is 14.1. The number of nitrogens with one attached hydrogen (secondary N) is 1. The molecule has 2 saturated heterocycles. The molecule has 0 aromatic heterocycles. The molecule has 6 heteroatoms. The van der Waals surface area contributed by atoms with Crippen LogP contribution >= 0.6 is 0 Å². The van der Waals surface area contributed by atoms with Crippen molar-refractivity contribution in [3.05, 3.63) is 71.6 Å². The van der Waals surface area contributed by atoms with Crippen molar-refractivity contribution in [3.63, 3.8) is 0 Å². The van der Waals surface area contributed by atoms with Gasteiger partial charge in [-0.15, -0.1) is 0 Å². The number of imide groups is 1. The summed E-state index contributed by atoms with van der Waals surface area (Å²) in [5.74, 6) is -2.88. The van der Waals surface area contributed by atoms with E-state index in [0.717, 1.165) is 11.3 Å². The van der Waals surface area contributed by atoms with Crippen LogP contribution in [0.4, 0.5) is 10.1 Å². The van der Waals surface area contributed by atoms with Crippen molar-refractivity contribution >= 4 is 29.4 Å². The van der Waals surface area contributed by atoms with Gasteiger partial charge in [0.05, 0.1) is 17.9 Å². The number of hydrogen-bond donors (Lipinski definition) is 1. The van der Waals surface area contributed by atoms with Crippen LogP contribution in [0.5, 0.6) is 0 Å². The molecule has 2 aromatic carbocycles. The third-order valence-electron chi connectivity index (χ3n) is 5.65. The zero-order chi connectivity index (χ0) is 18.7. The summed E-state index contributed by atoms with van der Waals surface area (Å²) in [4.78, 5) is 40.2. The van der Waals surface area contributed by atoms with Crippen LogP contribution in [0.1, 0.15) is 15.9 Å². The Balaban J connectivity index is 1.66. The number of para-hydroxylation sites is 1. The van der Waals surface area contributed by atoms with Gasteiger partial charge in [0.25, 0.3) is 0 Å². The molecule has 27 heavy (non-hydrogen) atoms. The summed E-state index contributed by atoms with van der Waals surface area (Å²) in [6.45, 7) is 0. The Morgan fingerprint density at radius 2 is 1.67 bits per heavy atom. The van der Waals surface area contributed by atoms with Crippen LogP contribution in [0.3, 0.4) is 0 Å². The number of carbonyl (C=O) groups is 3. The number of amides is 2. The zero-order valence-electron chi connectivity index (χ0n) is 14.1. The van der Waals surface area contributed by atoms with Crippen LogP contribution in [0.25, 0.3) is 6.08 Å². The second-order valence-corrected chi connectivity index (χ2v) is 7.04. The Kier molecular flexibility index (Phi) is 3.31. The molecule has 134 valence electrons. The molecule has 1 N–H and O–H groups in total. The fourth-order valence-corrected chi connectivity index (χ4v) is 4.52. The highest BCUT2D eigenvalue weighted by Gasteiger charge is 2.61. The lowest BCUT2D eigenvalue weighted by atomic mass is 9.86. The Bertz CT molecular complexity index is 1010. The van der Waals surface area contributed by atoms with Crippen molar-refractivity contribution < 1.29 is 18.8 Å². The lowest BCUT2D eigenvalue weighted by Gasteiger charge is -2.35. The fraction of sp³-hybridized carbons (Fsp3) is 0.190. The second-order valence-electron chi connectivity index (χ2n) is 7.04. The first-order valence-corrected chi connectivity index (χ1v) is 8.76. The average Bonchev–Trinajstić information content (AvgIpc) is 3.17. The van der Waals surface area contributed by atoms with Gasteiger partial charge in [0.2, 0.25) is 11.8 Å². The smallest absolute Gasteiger partial charge is 0.233 e. The van der Waals surface area contributed by atoms with Crippen LogP contribution in [-0.2, 0) is 9.59 Å². The predicted octanol–water partition coefficient (Wildman–Crippen LogP) is 2.18. The minimum atomic E-state index is -0.817. The first-order valence-electron chi connectivity index (χ1n) is 8.76. The van der Waals surface area contributed by atoms with Gasteiger partial charge in [-0.25, -0.2) is 4.39 Å². The maximum absolute atomic E-state index is 13.3. The Hall–Kier alpha value is -3.28. The van der Waals surface area contributed by atoms with Crippen LogP contribution in [0.2, 0.25) is 0 Å². The summed E-state index contributed by atoms with van der Waals surface area (Å²) in [6.07, 6.45) is 3.81. The standard InChI is InChI=1S/C21H15FN2O3/c22-13-8-5-12(6-9-13)19(25)18-17-16(20(26)23-21(17)27)15-10-7-11-3-1-2-4-14(11)24(15)18/h1-10,15-18H,(H,23,26,27). The molecule has 4 unspecified atom stereocenters. The summed E-state index contributed by atoms with van der Waals surface area (Å²) < 4.78 is 13.3. The Labute approximate surface area is 154 Å². The van der Waals surface area contributed by atoms with E-state index in [1.165, 1.54) is 24.3 Å². The fourth-order valence-electron chi connectivity index (χ4n) is 4.52. The van der Waals surface area contributed by atoms with E-state index in [9.17, 15) is 18.8 Å². The molecule has 2 fully saturated rings. The molecule has 2 aromatic rings. The molecule has 0 bridgehead atoms. The first kappa shape index (κ1) is 15.9. The van der Waals surface area contributed by atoms with Crippen molar-refractivity contribution in [3.8, 4) is 0 Å². The van der Waals surface area contributed by atoms with Crippen LogP contribution in [0, 0.1) is 17.7 Å². The van der Waals surface area contributed by atoms with Gasteiger partial charge in [0, 0.05) is 11.3 Å². The molecule has 0 spiro atoms. The van der Waals surface area contributed by atoms with Gasteiger partial charge in [-0.2, -0.15) is 0 Å². The predicted molar refractivity (Wildman–Crippen MR) is 96.4 cm³/mol. The molecule has 0 radical (unpaired) electrons.